The molecule has 0 aliphatic carbocycles. The van der Waals surface area contributed by atoms with Gasteiger partial charge in [-0.25, -0.2) is 4.99 Å². The third kappa shape index (κ3) is 6.05. The van der Waals surface area contributed by atoms with Crippen LogP contribution in [-0.4, -0.2) is 69.7 Å². The Morgan fingerprint density at radius 1 is 1.22 bits per heavy atom. The Hall–Kier alpha value is -2.97. The molecule has 5 unspecified atom stereocenters. The molecule has 0 bridgehead atoms. The first kappa shape index (κ1) is 26.1. The molecule has 3 aliphatic rings. The van der Waals surface area contributed by atoms with Gasteiger partial charge in [0.1, 0.15) is 11.5 Å². The maximum absolute atomic E-state index is 13.8. The number of dihydropyridines is 2. The number of aliphatic imine (C=N–C) groups is 2. The van der Waals surface area contributed by atoms with E-state index < -0.39 is 12.1 Å². The predicted octanol–water partition coefficient (Wildman–Crippen LogP) is 3.58. The molecular weight excluding hydrogens is 482 g/mol. The summed E-state index contributed by atoms with van der Waals surface area (Å²) in [5.74, 6) is -0.501. The second-order valence-corrected chi connectivity index (χ2v) is 10.1. The zero-order chi connectivity index (χ0) is 25.8. The van der Waals surface area contributed by atoms with E-state index in [2.05, 4.69) is 4.99 Å². The molecule has 0 saturated carbocycles. The fourth-order valence-corrected chi connectivity index (χ4v) is 4.95. The lowest BCUT2D eigenvalue weighted by Crippen LogP contribution is -2.48. The molecule has 2 N–H and O–H groups in total. The van der Waals surface area contributed by atoms with E-state index in [1.807, 2.05) is 25.2 Å². The van der Waals surface area contributed by atoms with Gasteiger partial charge in [0.25, 0.3) is 0 Å². The van der Waals surface area contributed by atoms with Crippen LogP contribution in [0.4, 0.5) is 0 Å². The molecule has 1 aromatic rings. The zero-order valence-corrected chi connectivity index (χ0v) is 21.3. The number of halogens is 1. The van der Waals surface area contributed by atoms with Gasteiger partial charge in [-0.3, -0.25) is 19.5 Å². The second kappa shape index (κ2) is 11.4. The number of phenols is 1. The number of rotatable bonds is 7. The first-order valence-corrected chi connectivity index (χ1v) is 12.7. The van der Waals surface area contributed by atoms with Crippen LogP contribution in [0.2, 0.25) is 0 Å². The van der Waals surface area contributed by atoms with Gasteiger partial charge in [-0.1, -0.05) is 19.1 Å². The molecule has 1 aromatic carbocycles. The number of carbonyl (C=O) groups excluding carboxylic acids is 2. The molecule has 1 saturated heterocycles. The molecule has 5 atom stereocenters. The highest BCUT2D eigenvalue weighted by molar-refractivity contribution is 6.29. The van der Waals surface area contributed by atoms with Crippen LogP contribution in [0.5, 0.6) is 11.5 Å². The highest BCUT2D eigenvalue weighted by Crippen LogP contribution is 2.34. The maximum Gasteiger partial charge on any atom is 0.242 e. The number of nitrogens with zero attached hydrogens (tertiary/aromatic N) is 3. The van der Waals surface area contributed by atoms with E-state index in [0.717, 1.165) is 5.57 Å². The summed E-state index contributed by atoms with van der Waals surface area (Å²) in [5.41, 5.74) is 2.16. The number of aromatic hydroxyl groups is 1. The number of amides is 2. The summed E-state index contributed by atoms with van der Waals surface area (Å²) >= 11 is 6.11. The van der Waals surface area contributed by atoms with Gasteiger partial charge in [0, 0.05) is 31.5 Å². The highest BCUT2D eigenvalue weighted by atomic mass is 35.5. The number of ether oxygens (including phenoxy) is 1. The standard InChI is InChI=1S/C27H32ClN3O5/c1-16-10-22-26(27(35)31(8-3-9-32)25(34)11-16)18(13-20-5-4-19(28)15-29-20)14-24(30-22)36-21-6-7-23(33)17(2)12-21/h4-7,12,14-16,19-20,24,26,32-33H,3,8-11,13H2,1-2H3. The fraction of sp³-hybridized carbons (Fsp3) is 0.481. The molecule has 192 valence electrons. The van der Waals surface area contributed by atoms with Crippen molar-refractivity contribution in [3.63, 3.8) is 0 Å². The average Bonchev–Trinajstić information content (AvgIpc) is 2.82. The molecule has 36 heavy (non-hydrogen) atoms. The number of imide groups is 1. The van der Waals surface area contributed by atoms with Crippen molar-refractivity contribution in [2.24, 2.45) is 21.8 Å². The first-order chi connectivity index (χ1) is 17.2. The van der Waals surface area contributed by atoms with E-state index in [0.29, 0.717) is 36.3 Å². The van der Waals surface area contributed by atoms with Crippen LogP contribution in [0.1, 0.15) is 38.2 Å². The molecule has 3 aliphatic heterocycles. The van der Waals surface area contributed by atoms with Crippen molar-refractivity contribution in [2.75, 3.05) is 13.2 Å². The van der Waals surface area contributed by atoms with E-state index in [4.69, 9.17) is 21.3 Å². The number of hydrogen-bond acceptors (Lipinski definition) is 7. The minimum atomic E-state index is -0.686. The lowest BCUT2D eigenvalue weighted by Gasteiger charge is -2.36. The predicted molar refractivity (Wildman–Crippen MR) is 139 cm³/mol. The summed E-state index contributed by atoms with van der Waals surface area (Å²) in [6, 6.07) is 4.80. The largest absolute Gasteiger partial charge is 0.508 e. The van der Waals surface area contributed by atoms with Crippen molar-refractivity contribution in [3.8, 4) is 11.5 Å². The summed E-state index contributed by atoms with van der Waals surface area (Å²) in [5, 5.41) is 18.9. The normalized spacial score (nSPS) is 28.2. The van der Waals surface area contributed by atoms with Crippen LogP contribution < -0.4 is 4.74 Å². The number of alkyl halides is 1. The van der Waals surface area contributed by atoms with Gasteiger partial charge >= 0.3 is 0 Å². The van der Waals surface area contributed by atoms with E-state index in [9.17, 15) is 19.8 Å². The van der Waals surface area contributed by atoms with Gasteiger partial charge in [-0.2, -0.15) is 0 Å². The summed E-state index contributed by atoms with van der Waals surface area (Å²) < 4.78 is 6.15. The number of benzene rings is 1. The number of carbonyl (C=O) groups is 2. The molecule has 0 aromatic heterocycles. The monoisotopic (exact) mass is 513 g/mol. The quantitative estimate of drug-likeness (QED) is 0.329. The summed E-state index contributed by atoms with van der Waals surface area (Å²) in [4.78, 5) is 37.3. The van der Waals surface area contributed by atoms with Crippen molar-refractivity contribution in [2.45, 2.75) is 57.2 Å². The molecule has 8 nitrogen and oxygen atoms in total. The van der Waals surface area contributed by atoms with Crippen molar-refractivity contribution in [1.82, 2.24) is 4.90 Å². The molecule has 3 heterocycles. The van der Waals surface area contributed by atoms with Gasteiger partial charge < -0.3 is 14.9 Å². The van der Waals surface area contributed by atoms with Crippen LogP contribution in [0.3, 0.4) is 0 Å². The number of allylic oxidation sites excluding steroid dienone is 1. The molecule has 0 radical (unpaired) electrons. The Morgan fingerprint density at radius 2 is 2.03 bits per heavy atom. The number of aliphatic hydroxyl groups excluding tert-OH is 1. The second-order valence-electron chi connectivity index (χ2n) is 9.62. The Labute approximate surface area is 216 Å². The van der Waals surface area contributed by atoms with Gasteiger partial charge in [-0.15, -0.1) is 11.6 Å². The van der Waals surface area contributed by atoms with Gasteiger partial charge in [0.05, 0.1) is 17.3 Å². The lowest BCUT2D eigenvalue weighted by atomic mass is 9.80. The van der Waals surface area contributed by atoms with Gasteiger partial charge in [-0.05, 0) is 67.5 Å². The number of fused-ring (bicyclic) bond motifs is 1. The number of aryl methyl sites for hydroxylation is 1. The Morgan fingerprint density at radius 3 is 2.72 bits per heavy atom. The number of hydrogen-bond donors (Lipinski definition) is 2. The highest BCUT2D eigenvalue weighted by Gasteiger charge is 2.40. The summed E-state index contributed by atoms with van der Waals surface area (Å²) in [6.07, 6.45) is 8.15. The minimum Gasteiger partial charge on any atom is -0.508 e. The van der Waals surface area contributed by atoms with Crippen LogP contribution in [0.25, 0.3) is 0 Å². The fourth-order valence-electron chi connectivity index (χ4n) is 4.80. The number of phenolic OH excluding ortho intramolecular Hbond substituents is 1. The Kier molecular flexibility index (Phi) is 8.26. The van der Waals surface area contributed by atoms with E-state index in [1.165, 1.54) is 4.90 Å². The molecule has 0 spiro atoms. The van der Waals surface area contributed by atoms with Crippen molar-refractivity contribution >= 4 is 35.3 Å². The van der Waals surface area contributed by atoms with Gasteiger partial charge in [0.2, 0.25) is 18.0 Å². The summed E-state index contributed by atoms with van der Waals surface area (Å²) in [7, 11) is 0. The SMILES string of the molecule is Cc1cc(OC2C=C(CC3C=CC(Cl)C=N3)C3C(=O)N(CCCO)C(=O)CC(C)CC3=N2)ccc1O. The van der Waals surface area contributed by atoms with E-state index in [1.54, 1.807) is 31.3 Å². The number of likely N-dealkylation sites (tertiary alicyclic amines) is 1. The van der Waals surface area contributed by atoms with Crippen molar-refractivity contribution in [3.05, 3.63) is 47.6 Å². The molecule has 9 heteroatoms. The Bertz CT molecular complexity index is 1110. The van der Waals surface area contributed by atoms with Gasteiger partial charge in [0.15, 0.2) is 0 Å². The molecular formula is C27H32ClN3O5. The molecule has 4 rings (SSSR count). The first-order valence-electron chi connectivity index (χ1n) is 12.3. The molecule has 1 fully saturated rings. The lowest BCUT2D eigenvalue weighted by molar-refractivity contribution is -0.146. The number of aliphatic hydroxyl groups is 1. The third-order valence-corrected chi connectivity index (χ3v) is 6.85. The zero-order valence-electron chi connectivity index (χ0n) is 20.5. The van der Waals surface area contributed by atoms with E-state index in [-0.39, 0.29) is 54.5 Å². The topological polar surface area (TPSA) is 112 Å². The van der Waals surface area contributed by atoms with Crippen LogP contribution in [-0.2, 0) is 9.59 Å². The van der Waals surface area contributed by atoms with Crippen LogP contribution in [0, 0.1) is 18.8 Å². The van der Waals surface area contributed by atoms with Crippen molar-refractivity contribution in [1.29, 1.82) is 0 Å². The van der Waals surface area contributed by atoms with E-state index >= 15 is 0 Å². The summed E-state index contributed by atoms with van der Waals surface area (Å²) in [6.45, 7) is 3.82. The third-order valence-electron chi connectivity index (χ3n) is 6.60. The van der Waals surface area contributed by atoms with Crippen molar-refractivity contribution < 1.29 is 24.5 Å². The average molecular weight is 514 g/mol. The smallest absolute Gasteiger partial charge is 0.242 e. The minimum absolute atomic E-state index is 0.0102. The maximum atomic E-state index is 13.8. The Balaban J connectivity index is 1.70. The van der Waals surface area contributed by atoms with Crippen LogP contribution >= 0.6 is 11.6 Å². The van der Waals surface area contributed by atoms with Crippen LogP contribution in [0.15, 0.2) is 52.0 Å². The molecule has 2 amide bonds.